The summed E-state index contributed by atoms with van der Waals surface area (Å²) in [5.41, 5.74) is 2.80. The smallest absolute Gasteiger partial charge is 0.358 e. The summed E-state index contributed by atoms with van der Waals surface area (Å²) in [5.74, 6) is -0.474. The number of imidazole rings is 1. The van der Waals surface area contributed by atoms with Gasteiger partial charge in [-0.2, -0.15) is 5.26 Å². The van der Waals surface area contributed by atoms with Crippen molar-refractivity contribution in [1.29, 1.82) is 5.26 Å². The molecule has 0 aliphatic carbocycles. The van der Waals surface area contributed by atoms with Crippen molar-refractivity contribution in [3.63, 3.8) is 0 Å². The van der Waals surface area contributed by atoms with Gasteiger partial charge in [-0.05, 0) is 41.2 Å². The van der Waals surface area contributed by atoms with Crippen LogP contribution in [-0.2, 0) is 4.74 Å². The molecular weight excluding hydrogens is 404 g/mol. The van der Waals surface area contributed by atoms with Crippen LogP contribution in [-0.4, -0.2) is 33.2 Å². The summed E-state index contributed by atoms with van der Waals surface area (Å²) in [7, 11) is 0. The van der Waals surface area contributed by atoms with Crippen LogP contribution in [0.1, 0.15) is 23.0 Å². The van der Waals surface area contributed by atoms with Crippen molar-refractivity contribution in [1.82, 2.24) is 14.4 Å². The SMILES string of the molecule is CCOC(=O)c1cn2c(SC)nc(-c3cccc(C#N)c3)c(Br)c2n1. The van der Waals surface area contributed by atoms with Crippen LogP contribution in [0.3, 0.4) is 0 Å². The summed E-state index contributed by atoms with van der Waals surface area (Å²) in [6.45, 7) is 2.03. The molecule has 0 aliphatic rings. The number of fused-ring (bicyclic) bond motifs is 1. The first-order valence-electron chi connectivity index (χ1n) is 7.39. The Morgan fingerprint density at radius 1 is 1.44 bits per heavy atom. The maximum Gasteiger partial charge on any atom is 0.358 e. The lowest BCUT2D eigenvalue weighted by Crippen LogP contribution is -2.04. The van der Waals surface area contributed by atoms with Crippen LogP contribution in [0.25, 0.3) is 16.9 Å². The fraction of sp³-hybridized carbons (Fsp3) is 0.176. The molecule has 0 unspecified atom stereocenters. The average Bonchev–Trinajstić information content (AvgIpc) is 3.08. The van der Waals surface area contributed by atoms with E-state index in [9.17, 15) is 4.79 Å². The van der Waals surface area contributed by atoms with E-state index in [2.05, 4.69) is 32.0 Å². The van der Waals surface area contributed by atoms with Crippen LogP contribution in [0.15, 0.2) is 40.1 Å². The highest BCUT2D eigenvalue weighted by Gasteiger charge is 2.19. The number of thioether (sulfide) groups is 1. The van der Waals surface area contributed by atoms with Gasteiger partial charge in [-0.25, -0.2) is 14.8 Å². The Morgan fingerprint density at radius 2 is 2.24 bits per heavy atom. The second-order valence-corrected chi connectivity index (χ2v) is 6.56. The van der Waals surface area contributed by atoms with Gasteiger partial charge in [-0.3, -0.25) is 4.40 Å². The summed E-state index contributed by atoms with van der Waals surface area (Å²) in [5, 5.41) is 9.79. The largest absolute Gasteiger partial charge is 0.461 e. The molecule has 0 aliphatic heterocycles. The molecule has 2 aromatic heterocycles. The molecule has 8 heteroatoms. The molecule has 3 aromatic rings. The van der Waals surface area contributed by atoms with E-state index < -0.39 is 5.97 Å². The number of nitrogens with zero attached hydrogens (tertiary/aromatic N) is 4. The van der Waals surface area contributed by atoms with Gasteiger partial charge < -0.3 is 4.74 Å². The number of carbonyl (C=O) groups excluding carboxylic acids is 1. The number of hydrogen-bond donors (Lipinski definition) is 0. The number of benzene rings is 1. The molecule has 0 spiro atoms. The fourth-order valence-corrected chi connectivity index (χ4v) is 3.48. The highest BCUT2D eigenvalue weighted by atomic mass is 79.9. The van der Waals surface area contributed by atoms with Gasteiger partial charge in [0.25, 0.3) is 0 Å². The van der Waals surface area contributed by atoms with E-state index in [1.54, 1.807) is 35.7 Å². The van der Waals surface area contributed by atoms with Gasteiger partial charge >= 0.3 is 5.97 Å². The third-order valence-electron chi connectivity index (χ3n) is 3.46. The Labute approximate surface area is 157 Å². The van der Waals surface area contributed by atoms with Crippen molar-refractivity contribution in [3.8, 4) is 17.3 Å². The van der Waals surface area contributed by atoms with Gasteiger partial charge in [0.15, 0.2) is 16.5 Å². The number of esters is 1. The van der Waals surface area contributed by atoms with E-state index in [4.69, 9.17) is 10.00 Å². The van der Waals surface area contributed by atoms with Crippen LogP contribution in [0.2, 0.25) is 0 Å². The summed E-state index contributed by atoms with van der Waals surface area (Å²) in [6.07, 6.45) is 3.52. The van der Waals surface area contributed by atoms with Crippen molar-refractivity contribution >= 4 is 39.3 Å². The van der Waals surface area contributed by atoms with E-state index in [1.165, 1.54) is 11.8 Å². The Kier molecular flexibility index (Phi) is 5.06. The van der Waals surface area contributed by atoms with Crippen LogP contribution < -0.4 is 0 Å². The predicted molar refractivity (Wildman–Crippen MR) is 98.6 cm³/mol. The first-order chi connectivity index (χ1) is 12.1. The zero-order chi connectivity index (χ0) is 18.0. The van der Waals surface area contributed by atoms with E-state index in [-0.39, 0.29) is 12.3 Å². The number of ether oxygens (including phenoxy) is 1. The molecule has 2 heterocycles. The minimum Gasteiger partial charge on any atom is -0.461 e. The molecule has 0 radical (unpaired) electrons. The Balaban J connectivity index is 2.22. The van der Waals surface area contributed by atoms with Gasteiger partial charge in [0.1, 0.15) is 0 Å². The third-order valence-corrected chi connectivity index (χ3v) is 4.84. The molecule has 0 amide bonds. The molecular formula is C17H13BrN4O2S. The molecule has 0 saturated heterocycles. The molecule has 0 N–H and O–H groups in total. The van der Waals surface area contributed by atoms with Crippen LogP contribution >= 0.6 is 27.7 Å². The normalized spacial score (nSPS) is 10.6. The molecule has 0 atom stereocenters. The van der Waals surface area contributed by atoms with Crippen molar-refractivity contribution in [2.75, 3.05) is 12.9 Å². The number of rotatable bonds is 4. The lowest BCUT2D eigenvalue weighted by atomic mass is 10.1. The summed E-state index contributed by atoms with van der Waals surface area (Å²) >= 11 is 4.98. The van der Waals surface area contributed by atoms with Crippen LogP contribution in [0, 0.1) is 11.3 Å². The highest BCUT2D eigenvalue weighted by Crippen LogP contribution is 2.33. The van der Waals surface area contributed by atoms with E-state index >= 15 is 0 Å². The van der Waals surface area contributed by atoms with Gasteiger partial charge in [0, 0.05) is 11.8 Å². The quantitative estimate of drug-likeness (QED) is 0.364. The Hall–Kier alpha value is -2.37. The molecule has 3 rings (SSSR count). The van der Waals surface area contributed by atoms with Crippen molar-refractivity contribution in [2.24, 2.45) is 0 Å². The van der Waals surface area contributed by atoms with Crippen LogP contribution in [0.5, 0.6) is 0 Å². The highest BCUT2D eigenvalue weighted by molar-refractivity contribution is 9.10. The maximum absolute atomic E-state index is 12.0. The monoisotopic (exact) mass is 416 g/mol. The lowest BCUT2D eigenvalue weighted by molar-refractivity contribution is 0.0520. The molecule has 126 valence electrons. The minimum absolute atomic E-state index is 0.225. The van der Waals surface area contributed by atoms with Gasteiger partial charge in [0.05, 0.1) is 28.4 Å². The van der Waals surface area contributed by atoms with E-state index in [1.807, 2.05) is 12.3 Å². The molecule has 25 heavy (non-hydrogen) atoms. The van der Waals surface area contributed by atoms with Crippen molar-refractivity contribution < 1.29 is 9.53 Å². The summed E-state index contributed by atoms with van der Waals surface area (Å²) in [4.78, 5) is 21.0. The molecule has 0 saturated carbocycles. The number of halogens is 1. The minimum atomic E-state index is -0.474. The third kappa shape index (κ3) is 3.25. The standard InChI is InChI=1S/C17H13BrN4O2S/c1-3-24-16(23)12-9-22-15(20-12)13(18)14(21-17(22)25-2)11-6-4-5-10(7-11)8-19/h4-7,9H,3H2,1-2H3. The average molecular weight is 417 g/mol. The number of carbonyl (C=O) groups is 1. The topological polar surface area (TPSA) is 80.3 Å². The van der Waals surface area contributed by atoms with Gasteiger partial charge in [-0.1, -0.05) is 23.9 Å². The number of aromatic nitrogens is 3. The molecule has 0 fully saturated rings. The molecule has 1 aromatic carbocycles. The zero-order valence-electron chi connectivity index (χ0n) is 13.5. The van der Waals surface area contributed by atoms with Gasteiger partial charge in [0.2, 0.25) is 0 Å². The lowest BCUT2D eigenvalue weighted by Gasteiger charge is -2.09. The van der Waals surface area contributed by atoms with Crippen molar-refractivity contribution in [2.45, 2.75) is 12.1 Å². The first-order valence-corrected chi connectivity index (χ1v) is 9.41. The maximum atomic E-state index is 12.0. The molecule has 6 nitrogen and oxygen atoms in total. The number of hydrogen-bond acceptors (Lipinski definition) is 6. The summed E-state index contributed by atoms with van der Waals surface area (Å²) in [6, 6.07) is 9.31. The Morgan fingerprint density at radius 3 is 2.92 bits per heavy atom. The van der Waals surface area contributed by atoms with E-state index in [0.29, 0.717) is 26.5 Å². The van der Waals surface area contributed by atoms with Crippen LogP contribution in [0.4, 0.5) is 0 Å². The fourth-order valence-electron chi connectivity index (χ4n) is 2.36. The molecule has 0 bridgehead atoms. The van der Waals surface area contributed by atoms with Gasteiger partial charge in [-0.15, -0.1) is 0 Å². The second kappa shape index (κ2) is 7.25. The van der Waals surface area contributed by atoms with Crippen molar-refractivity contribution in [3.05, 3.63) is 46.2 Å². The predicted octanol–water partition coefficient (Wildman–Crippen LogP) is 3.93. The zero-order valence-corrected chi connectivity index (χ0v) is 15.9. The number of nitriles is 1. The Bertz CT molecular complexity index is 1010. The summed E-state index contributed by atoms with van der Waals surface area (Å²) < 4.78 is 7.42. The second-order valence-electron chi connectivity index (χ2n) is 4.99. The van der Waals surface area contributed by atoms with E-state index in [0.717, 1.165) is 5.56 Å². The first kappa shape index (κ1) is 17.5.